The van der Waals surface area contributed by atoms with Gasteiger partial charge in [0.15, 0.2) is 0 Å². The molecule has 5 nitrogen and oxygen atoms in total. The minimum atomic E-state index is -3.47. The molecule has 1 heterocycles. The van der Waals surface area contributed by atoms with Crippen LogP contribution in [0.4, 0.5) is 5.69 Å². The number of benzene rings is 1. The third kappa shape index (κ3) is 4.16. The van der Waals surface area contributed by atoms with Gasteiger partial charge in [-0.05, 0) is 49.9 Å². The summed E-state index contributed by atoms with van der Waals surface area (Å²) >= 11 is 0. The number of rotatable bonds is 6. The van der Waals surface area contributed by atoms with Gasteiger partial charge in [0.25, 0.3) is 0 Å². The van der Waals surface area contributed by atoms with Gasteiger partial charge >= 0.3 is 0 Å². The number of carbonyl (C=O) groups is 1. The average molecular weight is 353 g/mol. The normalized spacial score (nSPS) is 20.5. The number of nitrogens with one attached hydrogen (secondary N) is 1. The molecule has 2 unspecified atom stereocenters. The predicted octanol–water partition coefficient (Wildman–Crippen LogP) is 3.62. The summed E-state index contributed by atoms with van der Waals surface area (Å²) in [4.78, 5) is 12.2. The maximum Gasteiger partial charge on any atom is 0.243 e. The molecule has 1 aliphatic heterocycles. The van der Waals surface area contributed by atoms with Crippen LogP contribution in [-0.2, 0) is 14.8 Å². The van der Waals surface area contributed by atoms with E-state index in [1.165, 1.54) is 0 Å². The number of nitrogens with zero attached hydrogens (tertiary/aromatic N) is 1. The summed E-state index contributed by atoms with van der Waals surface area (Å²) in [6.45, 7) is 6.46. The second-order valence-corrected chi connectivity index (χ2v) is 8.39. The summed E-state index contributed by atoms with van der Waals surface area (Å²) in [6.07, 6.45) is 4.54. The zero-order valence-corrected chi connectivity index (χ0v) is 15.6. The minimum absolute atomic E-state index is 0.0461. The van der Waals surface area contributed by atoms with Gasteiger partial charge in [-0.15, -0.1) is 0 Å². The van der Waals surface area contributed by atoms with E-state index in [1.807, 2.05) is 20.8 Å². The molecule has 2 rings (SSSR count). The lowest BCUT2D eigenvalue weighted by molar-refractivity contribution is -0.119. The van der Waals surface area contributed by atoms with Crippen LogP contribution in [0.5, 0.6) is 0 Å². The van der Waals surface area contributed by atoms with Crippen LogP contribution < -0.4 is 5.32 Å². The Morgan fingerprint density at radius 1 is 1.25 bits per heavy atom. The molecule has 1 N–H and O–H groups in total. The first-order valence-corrected chi connectivity index (χ1v) is 10.3. The Bertz CT molecular complexity index is 655. The SMILES string of the molecule is CCC(C)C(=O)Nc1ccc(S(=O)(=O)N2CCCCC2CC)cc1. The first kappa shape index (κ1) is 18.9. The molecule has 1 saturated heterocycles. The number of carbonyl (C=O) groups excluding carboxylic acids is 1. The molecular weight excluding hydrogens is 324 g/mol. The van der Waals surface area contributed by atoms with Gasteiger partial charge in [-0.25, -0.2) is 8.42 Å². The highest BCUT2D eigenvalue weighted by Gasteiger charge is 2.32. The summed E-state index contributed by atoms with van der Waals surface area (Å²) in [5.41, 5.74) is 0.630. The van der Waals surface area contributed by atoms with Crippen molar-refractivity contribution in [2.24, 2.45) is 5.92 Å². The van der Waals surface area contributed by atoms with Crippen molar-refractivity contribution in [2.75, 3.05) is 11.9 Å². The average Bonchev–Trinajstić information content (AvgIpc) is 2.61. The summed E-state index contributed by atoms with van der Waals surface area (Å²) in [7, 11) is -3.47. The summed E-state index contributed by atoms with van der Waals surface area (Å²) in [6, 6.07) is 6.59. The summed E-state index contributed by atoms with van der Waals surface area (Å²) in [5.74, 6) is -0.109. The number of hydrogen-bond acceptors (Lipinski definition) is 3. The first-order chi connectivity index (χ1) is 11.4. The second kappa shape index (κ2) is 8.12. The Morgan fingerprint density at radius 2 is 1.92 bits per heavy atom. The highest BCUT2D eigenvalue weighted by molar-refractivity contribution is 7.89. The molecule has 134 valence electrons. The van der Waals surface area contributed by atoms with Crippen LogP contribution in [0, 0.1) is 5.92 Å². The van der Waals surface area contributed by atoms with E-state index in [4.69, 9.17) is 0 Å². The fraction of sp³-hybridized carbons (Fsp3) is 0.611. The number of amides is 1. The highest BCUT2D eigenvalue weighted by Crippen LogP contribution is 2.27. The molecule has 6 heteroatoms. The van der Waals surface area contributed by atoms with Crippen molar-refractivity contribution >= 4 is 21.6 Å². The molecule has 0 saturated carbocycles. The molecule has 0 aliphatic carbocycles. The standard InChI is InChI=1S/C18H28N2O3S/c1-4-14(3)18(21)19-15-9-11-17(12-10-15)24(22,23)20-13-7-6-8-16(20)5-2/h9-12,14,16H,4-8,13H2,1-3H3,(H,19,21). The molecule has 1 aromatic carbocycles. The molecule has 24 heavy (non-hydrogen) atoms. The molecule has 1 fully saturated rings. The second-order valence-electron chi connectivity index (χ2n) is 6.50. The van der Waals surface area contributed by atoms with E-state index in [9.17, 15) is 13.2 Å². The van der Waals surface area contributed by atoms with Crippen LogP contribution in [-0.4, -0.2) is 31.2 Å². The Hall–Kier alpha value is -1.40. The van der Waals surface area contributed by atoms with Crippen LogP contribution in [0.3, 0.4) is 0 Å². The van der Waals surface area contributed by atoms with Gasteiger partial charge in [-0.2, -0.15) is 4.31 Å². The van der Waals surface area contributed by atoms with Crippen molar-refractivity contribution in [3.05, 3.63) is 24.3 Å². The molecule has 2 atom stereocenters. The van der Waals surface area contributed by atoms with E-state index >= 15 is 0 Å². The lowest BCUT2D eigenvalue weighted by Gasteiger charge is -2.34. The maximum atomic E-state index is 12.9. The third-order valence-corrected chi connectivity index (χ3v) is 6.80. The minimum Gasteiger partial charge on any atom is -0.326 e. The van der Waals surface area contributed by atoms with Gasteiger partial charge < -0.3 is 5.32 Å². The van der Waals surface area contributed by atoms with Gasteiger partial charge in [0, 0.05) is 24.2 Å². The Labute approximate surface area is 145 Å². The largest absolute Gasteiger partial charge is 0.326 e. The topological polar surface area (TPSA) is 66.5 Å². The summed E-state index contributed by atoms with van der Waals surface area (Å²) in [5, 5.41) is 2.82. The molecule has 0 aromatic heterocycles. The zero-order chi connectivity index (χ0) is 17.7. The van der Waals surface area contributed by atoms with Gasteiger partial charge in [0.2, 0.25) is 15.9 Å². The van der Waals surface area contributed by atoms with Crippen molar-refractivity contribution in [1.29, 1.82) is 0 Å². The lowest BCUT2D eigenvalue weighted by Crippen LogP contribution is -2.43. The molecule has 0 spiro atoms. The van der Waals surface area contributed by atoms with E-state index in [-0.39, 0.29) is 17.9 Å². The molecule has 0 bridgehead atoms. The highest BCUT2D eigenvalue weighted by atomic mass is 32.2. The first-order valence-electron chi connectivity index (χ1n) is 8.82. The van der Waals surface area contributed by atoms with Gasteiger partial charge in [0.05, 0.1) is 4.90 Å². The summed E-state index contributed by atoms with van der Waals surface area (Å²) < 4.78 is 27.4. The predicted molar refractivity (Wildman–Crippen MR) is 96.3 cm³/mol. The van der Waals surface area contributed by atoms with E-state index in [0.29, 0.717) is 17.1 Å². The van der Waals surface area contributed by atoms with Crippen molar-refractivity contribution in [3.63, 3.8) is 0 Å². The van der Waals surface area contributed by atoms with Crippen LogP contribution in [0.1, 0.15) is 52.9 Å². The van der Waals surface area contributed by atoms with Crippen molar-refractivity contribution in [2.45, 2.75) is 63.8 Å². The smallest absolute Gasteiger partial charge is 0.243 e. The Balaban J connectivity index is 2.15. The molecule has 1 aliphatic rings. The number of piperidine rings is 1. The quantitative estimate of drug-likeness (QED) is 0.850. The van der Waals surface area contributed by atoms with Gasteiger partial charge in [-0.1, -0.05) is 27.2 Å². The maximum absolute atomic E-state index is 12.9. The van der Waals surface area contributed by atoms with Crippen molar-refractivity contribution in [3.8, 4) is 0 Å². The third-order valence-electron chi connectivity index (χ3n) is 4.83. The molecule has 0 radical (unpaired) electrons. The number of sulfonamides is 1. The van der Waals surface area contributed by atoms with Crippen molar-refractivity contribution in [1.82, 2.24) is 4.31 Å². The monoisotopic (exact) mass is 352 g/mol. The van der Waals surface area contributed by atoms with Gasteiger partial charge in [0.1, 0.15) is 0 Å². The fourth-order valence-corrected chi connectivity index (χ4v) is 4.76. The molecule has 1 amide bonds. The Kier molecular flexibility index (Phi) is 6.40. The van der Waals surface area contributed by atoms with Gasteiger partial charge in [-0.3, -0.25) is 4.79 Å². The zero-order valence-electron chi connectivity index (χ0n) is 14.8. The van der Waals surface area contributed by atoms with Crippen LogP contribution >= 0.6 is 0 Å². The van der Waals surface area contributed by atoms with E-state index in [0.717, 1.165) is 32.1 Å². The molecular formula is C18H28N2O3S. The molecule has 1 aromatic rings. The van der Waals surface area contributed by atoms with Crippen LogP contribution in [0.15, 0.2) is 29.2 Å². The number of anilines is 1. The lowest BCUT2D eigenvalue weighted by atomic mass is 10.0. The number of hydrogen-bond donors (Lipinski definition) is 1. The van der Waals surface area contributed by atoms with E-state index in [1.54, 1.807) is 28.6 Å². The van der Waals surface area contributed by atoms with E-state index in [2.05, 4.69) is 5.32 Å². The van der Waals surface area contributed by atoms with Crippen LogP contribution in [0.25, 0.3) is 0 Å². The van der Waals surface area contributed by atoms with E-state index < -0.39 is 10.0 Å². The van der Waals surface area contributed by atoms with Crippen molar-refractivity contribution < 1.29 is 13.2 Å². The van der Waals surface area contributed by atoms with Crippen LogP contribution in [0.2, 0.25) is 0 Å². The Morgan fingerprint density at radius 3 is 2.50 bits per heavy atom. The fourth-order valence-electron chi connectivity index (χ4n) is 2.99.